The van der Waals surface area contributed by atoms with Gasteiger partial charge in [-0.15, -0.1) is 0 Å². The third kappa shape index (κ3) is 2.54. The summed E-state index contributed by atoms with van der Waals surface area (Å²) in [6.07, 6.45) is 2.60. The SMILES string of the molecule is O=C(Cc1c(F)cccc1F)NC1CC12CCOCC2. The van der Waals surface area contributed by atoms with Crippen LogP contribution in [0.5, 0.6) is 0 Å². The van der Waals surface area contributed by atoms with Crippen molar-refractivity contribution in [1.29, 1.82) is 0 Å². The first-order valence-electron chi connectivity index (χ1n) is 6.91. The molecule has 1 aliphatic heterocycles. The number of hydrogen-bond acceptors (Lipinski definition) is 2. The third-order valence-corrected chi connectivity index (χ3v) is 4.41. The van der Waals surface area contributed by atoms with Crippen molar-refractivity contribution in [2.75, 3.05) is 13.2 Å². The molecule has 3 nitrogen and oxygen atoms in total. The molecule has 0 aromatic heterocycles. The lowest BCUT2D eigenvalue weighted by molar-refractivity contribution is -0.121. The van der Waals surface area contributed by atoms with Crippen LogP contribution in [0.25, 0.3) is 0 Å². The van der Waals surface area contributed by atoms with E-state index in [1.807, 2.05) is 0 Å². The van der Waals surface area contributed by atoms with Gasteiger partial charge >= 0.3 is 0 Å². The van der Waals surface area contributed by atoms with Gasteiger partial charge in [-0.1, -0.05) is 6.07 Å². The zero-order chi connectivity index (χ0) is 14.2. The van der Waals surface area contributed by atoms with E-state index in [0.717, 1.165) is 32.5 Å². The highest BCUT2D eigenvalue weighted by molar-refractivity contribution is 5.79. The lowest BCUT2D eigenvalue weighted by Gasteiger charge is -2.22. The first-order chi connectivity index (χ1) is 9.61. The lowest BCUT2D eigenvalue weighted by Crippen LogP contribution is -2.33. The molecule has 0 radical (unpaired) electrons. The summed E-state index contributed by atoms with van der Waals surface area (Å²) in [6.45, 7) is 1.46. The van der Waals surface area contributed by atoms with Crippen LogP contribution in [0.15, 0.2) is 18.2 Å². The summed E-state index contributed by atoms with van der Waals surface area (Å²) in [6, 6.07) is 3.77. The van der Waals surface area contributed by atoms with E-state index in [-0.39, 0.29) is 29.3 Å². The summed E-state index contributed by atoms with van der Waals surface area (Å²) >= 11 is 0. The van der Waals surface area contributed by atoms with Crippen LogP contribution in [-0.4, -0.2) is 25.2 Å². The second-order valence-electron chi connectivity index (χ2n) is 5.68. The van der Waals surface area contributed by atoms with Crippen molar-refractivity contribution >= 4 is 5.91 Å². The van der Waals surface area contributed by atoms with Crippen molar-refractivity contribution in [2.24, 2.45) is 5.41 Å². The first-order valence-corrected chi connectivity index (χ1v) is 6.91. The Labute approximate surface area is 116 Å². The third-order valence-electron chi connectivity index (χ3n) is 4.41. The number of benzene rings is 1. The average Bonchev–Trinajstić information content (AvgIpc) is 3.06. The second kappa shape index (κ2) is 5.13. The van der Waals surface area contributed by atoms with E-state index in [9.17, 15) is 13.6 Å². The smallest absolute Gasteiger partial charge is 0.224 e. The first kappa shape index (κ1) is 13.5. The molecule has 1 amide bonds. The molecule has 3 rings (SSSR count). The molecule has 2 fully saturated rings. The Morgan fingerprint density at radius 3 is 2.60 bits per heavy atom. The van der Waals surface area contributed by atoms with Crippen LogP contribution in [0.3, 0.4) is 0 Å². The van der Waals surface area contributed by atoms with Crippen LogP contribution in [0.2, 0.25) is 0 Å². The number of carbonyl (C=O) groups is 1. The Bertz CT molecular complexity index is 506. The van der Waals surface area contributed by atoms with Gasteiger partial charge in [-0.05, 0) is 36.8 Å². The Balaban J connectivity index is 1.58. The van der Waals surface area contributed by atoms with Crippen LogP contribution >= 0.6 is 0 Å². The molecule has 1 saturated carbocycles. The number of rotatable bonds is 3. The van der Waals surface area contributed by atoms with E-state index in [2.05, 4.69) is 5.32 Å². The van der Waals surface area contributed by atoms with Crippen molar-refractivity contribution in [3.8, 4) is 0 Å². The summed E-state index contributed by atoms with van der Waals surface area (Å²) in [5, 5.41) is 2.89. The van der Waals surface area contributed by atoms with Crippen molar-refractivity contribution in [2.45, 2.75) is 31.7 Å². The number of amides is 1. The predicted molar refractivity (Wildman–Crippen MR) is 69.1 cm³/mol. The maximum atomic E-state index is 13.5. The molecule has 1 saturated heterocycles. The van der Waals surface area contributed by atoms with Gasteiger partial charge in [0.1, 0.15) is 11.6 Å². The van der Waals surface area contributed by atoms with Crippen molar-refractivity contribution in [3.63, 3.8) is 0 Å². The molecular weight excluding hydrogens is 264 g/mol. The summed E-state index contributed by atoms with van der Waals surface area (Å²) in [4.78, 5) is 11.9. The second-order valence-corrected chi connectivity index (χ2v) is 5.68. The minimum atomic E-state index is -0.670. The molecule has 1 spiro atoms. The zero-order valence-corrected chi connectivity index (χ0v) is 11.1. The average molecular weight is 281 g/mol. The molecule has 1 unspecified atom stereocenters. The Hall–Kier alpha value is -1.49. The molecule has 20 heavy (non-hydrogen) atoms. The van der Waals surface area contributed by atoms with Gasteiger partial charge in [0.05, 0.1) is 6.42 Å². The molecule has 5 heteroatoms. The minimum absolute atomic E-state index is 0.133. The summed E-state index contributed by atoms with van der Waals surface area (Å²) < 4.78 is 32.3. The van der Waals surface area contributed by atoms with Gasteiger partial charge in [0, 0.05) is 24.8 Å². The normalized spacial score (nSPS) is 23.6. The van der Waals surface area contributed by atoms with Gasteiger partial charge in [0.2, 0.25) is 5.91 Å². The highest BCUT2D eigenvalue weighted by Gasteiger charge is 2.54. The predicted octanol–water partition coefficient (Wildman–Crippen LogP) is 2.19. The molecule has 1 aliphatic carbocycles. The van der Waals surface area contributed by atoms with Crippen LogP contribution in [0, 0.1) is 17.0 Å². The van der Waals surface area contributed by atoms with Gasteiger partial charge in [-0.3, -0.25) is 4.79 Å². The molecule has 0 bridgehead atoms. The summed E-state index contributed by atoms with van der Waals surface area (Å²) in [7, 11) is 0. The Morgan fingerprint density at radius 1 is 1.30 bits per heavy atom. The number of halogens is 2. The fourth-order valence-corrected chi connectivity index (χ4v) is 2.99. The molecule has 1 N–H and O–H groups in total. The standard InChI is InChI=1S/C15H17F2NO2/c16-11-2-1-3-12(17)10(11)8-14(19)18-13-9-15(13)4-6-20-7-5-15/h1-3,13H,4-9H2,(H,18,19). The minimum Gasteiger partial charge on any atom is -0.381 e. The molecule has 1 heterocycles. The van der Waals surface area contributed by atoms with E-state index < -0.39 is 11.6 Å². The quantitative estimate of drug-likeness (QED) is 0.922. The largest absolute Gasteiger partial charge is 0.381 e. The van der Waals surface area contributed by atoms with E-state index in [4.69, 9.17) is 4.74 Å². The lowest BCUT2D eigenvalue weighted by atomic mass is 9.96. The van der Waals surface area contributed by atoms with E-state index in [1.165, 1.54) is 18.2 Å². The monoisotopic (exact) mass is 281 g/mol. The summed E-state index contributed by atoms with van der Waals surface area (Å²) in [5.74, 6) is -1.66. The maximum Gasteiger partial charge on any atom is 0.224 e. The Kier molecular flexibility index (Phi) is 3.46. The van der Waals surface area contributed by atoms with Crippen molar-refractivity contribution in [1.82, 2.24) is 5.32 Å². The van der Waals surface area contributed by atoms with E-state index >= 15 is 0 Å². The van der Waals surface area contributed by atoms with Crippen molar-refractivity contribution < 1.29 is 18.3 Å². The fraction of sp³-hybridized carbons (Fsp3) is 0.533. The molecule has 1 aromatic carbocycles. The van der Waals surface area contributed by atoms with Crippen LogP contribution in [0.4, 0.5) is 8.78 Å². The maximum absolute atomic E-state index is 13.5. The van der Waals surface area contributed by atoms with Crippen LogP contribution in [-0.2, 0) is 16.0 Å². The van der Waals surface area contributed by atoms with Gasteiger partial charge in [-0.2, -0.15) is 0 Å². The van der Waals surface area contributed by atoms with Gasteiger partial charge in [0.15, 0.2) is 0 Å². The van der Waals surface area contributed by atoms with Crippen LogP contribution < -0.4 is 5.32 Å². The van der Waals surface area contributed by atoms with Gasteiger partial charge in [0.25, 0.3) is 0 Å². The fourth-order valence-electron chi connectivity index (χ4n) is 2.99. The topological polar surface area (TPSA) is 38.3 Å². The van der Waals surface area contributed by atoms with Crippen LogP contribution in [0.1, 0.15) is 24.8 Å². The molecule has 1 atom stereocenters. The van der Waals surface area contributed by atoms with Gasteiger partial charge < -0.3 is 10.1 Å². The van der Waals surface area contributed by atoms with Crippen molar-refractivity contribution in [3.05, 3.63) is 35.4 Å². The van der Waals surface area contributed by atoms with Gasteiger partial charge in [-0.25, -0.2) is 8.78 Å². The number of ether oxygens (including phenoxy) is 1. The van der Waals surface area contributed by atoms with E-state index in [0.29, 0.717) is 0 Å². The Morgan fingerprint density at radius 2 is 1.95 bits per heavy atom. The summed E-state index contributed by atoms with van der Waals surface area (Å²) in [5.41, 5.74) is 0.00786. The number of carbonyl (C=O) groups excluding carboxylic acids is 1. The molecule has 108 valence electrons. The molecular formula is C15H17F2NO2. The molecule has 2 aliphatic rings. The van der Waals surface area contributed by atoms with E-state index in [1.54, 1.807) is 0 Å². The highest BCUT2D eigenvalue weighted by Crippen LogP contribution is 2.53. The highest BCUT2D eigenvalue weighted by atomic mass is 19.1. The molecule has 1 aromatic rings. The number of hydrogen-bond donors (Lipinski definition) is 1. The number of nitrogens with one attached hydrogen (secondary N) is 1. The zero-order valence-electron chi connectivity index (χ0n) is 11.1.